The molecule has 0 amide bonds. The molecule has 1 aromatic heterocycles. The number of hydrogen-bond donors (Lipinski definition) is 0. The summed E-state index contributed by atoms with van der Waals surface area (Å²) in [5.74, 6) is 0. The van der Waals surface area contributed by atoms with Crippen molar-refractivity contribution in [3.63, 3.8) is 0 Å². The van der Waals surface area contributed by atoms with Crippen LogP contribution in [-0.2, 0) is 31.4 Å². The summed E-state index contributed by atoms with van der Waals surface area (Å²) in [6, 6.07) is 14.5. The summed E-state index contributed by atoms with van der Waals surface area (Å²) in [4.78, 5) is 9.20. The molecule has 3 heteroatoms. The molecular formula is C19H17N2V-. The van der Waals surface area contributed by atoms with Crippen molar-refractivity contribution in [1.82, 2.24) is 4.98 Å². The molecular weight excluding hydrogens is 307 g/mol. The van der Waals surface area contributed by atoms with Gasteiger partial charge in [0.25, 0.3) is 0 Å². The van der Waals surface area contributed by atoms with Crippen LogP contribution < -0.4 is 4.98 Å². The van der Waals surface area contributed by atoms with Crippen LogP contribution >= 0.6 is 0 Å². The van der Waals surface area contributed by atoms with E-state index >= 15 is 0 Å². The number of para-hydroxylation sites is 1. The van der Waals surface area contributed by atoms with Crippen molar-refractivity contribution < 1.29 is 18.6 Å². The third-order valence-electron chi connectivity index (χ3n) is 4.25. The quantitative estimate of drug-likeness (QED) is 0.641. The number of hydrogen-bond acceptors (Lipinski definition) is 1. The molecule has 3 aromatic rings. The van der Waals surface area contributed by atoms with E-state index in [1.54, 1.807) is 0 Å². The van der Waals surface area contributed by atoms with Crippen molar-refractivity contribution in [3.05, 3.63) is 65.4 Å². The molecule has 0 saturated heterocycles. The Morgan fingerprint density at radius 3 is 2.68 bits per heavy atom. The van der Waals surface area contributed by atoms with Gasteiger partial charge in [0.15, 0.2) is 0 Å². The monoisotopic (exact) mass is 324 g/mol. The molecule has 2 nitrogen and oxygen atoms in total. The predicted molar refractivity (Wildman–Crippen MR) is 87.6 cm³/mol. The second kappa shape index (κ2) is 6.56. The van der Waals surface area contributed by atoms with Gasteiger partial charge < -0.3 is 4.98 Å². The summed E-state index contributed by atoms with van der Waals surface area (Å²) in [5, 5.41) is 1.24. The second-order valence-corrected chi connectivity index (χ2v) is 5.61. The van der Waals surface area contributed by atoms with Crippen LogP contribution in [0.15, 0.2) is 53.7 Å². The molecule has 0 saturated carbocycles. The molecule has 0 atom stereocenters. The van der Waals surface area contributed by atoms with Crippen LogP contribution in [0.3, 0.4) is 0 Å². The molecule has 0 N–H and O–H groups in total. The molecule has 0 bridgehead atoms. The molecule has 0 spiro atoms. The smallest absolute Gasteiger partial charge is 0.0629 e. The van der Waals surface area contributed by atoms with Gasteiger partial charge in [-0.05, 0) is 59.9 Å². The minimum Gasteiger partial charge on any atom is -0.663 e. The van der Waals surface area contributed by atoms with Crippen molar-refractivity contribution in [2.45, 2.75) is 25.7 Å². The van der Waals surface area contributed by atoms with Gasteiger partial charge in [0.05, 0.1) is 5.69 Å². The van der Waals surface area contributed by atoms with Gasteiger partial charge in [-0.1, -0.05) is 30.3 Å². The SMILES string of the molecule is C(=Nc1ccccc1)c1c2c(cc3cc[n-]c13)CCCC2.[V]. The van der Waals surface area contributed by atoms with Gasteiger partial charge in [0.2, 0.25) is 0 Å². The van der Waals surface area contributed by atoms with Crippen LogP contribution in [0.4, 0.5) is 5.69 Å². The first-order valence-electron chi connectivity index (χ1n) is 7.57. The molecule has 1 heterocycles. The summed E-state index contributed by atoms with van der Waals surface area (Å²) >= 11 is 0. The number of nitrogens with zero attached hydrogens (tertiary/aromatic N) is 2. The minimum atomic E-state index is 0. The third-order valence-corrected chi connectivity index (χ3v) is 4.25. The van der Waals surface area contributed by atoms with E-state index in [0.717, 1.165) is 17.6 Å². The fourth-order valence-corrected chi connectivity index (χ4v) is 3.21. The van der Waals surface area contributed by atoms with E-state index in [4.69, 9.17) is 0 Å². The predicted octanol–water partition coefficient (Wildman–Crippen LogP) is 4.42. The maximum atomic E-state index is 4.65. The van der Waals surface area contributed by atoms with E-state index in [1.165, 1.54) is 41.3 Å². The summed E-state index contributed by atoms with van der Waals surface area (Å²) in [5.41, 5.74) is 6.24. The molecule has 0 unspecified atom stereocenters. The summed E-state index contributed by atoms with van der Waals surface area (Å²) < 4.78 is 0. The van der Waals surface area contributed by atoms with Gasteiger partial charge in [-0.3, -0.25) is 4.99 Å². The average molecular weight is 324 g/mol. The van der Waals surface area contributed by atoms with Crippen molar-refractivity contribution in [1.29, 1.82) is 0 Å². The van der Waals surface area contributed by atoms with Crippen LogP contribution in [-0.4, -0.2) is 6.21 Å². The number of aromatic nitrogens is 1. The van der Waals surface area contributed by atoms with Crippen LogP contribution in [0.2, 0.25) is 0 Å². The Labute approximate surface area is 142 Å². The average Bonchev–Trinajstić information content (AvgIpc) is 3.00. The van der Waals surface area contributed by atoms with Gasteiger partial charge >= 0.3 is 0 Å². The van der Waals surface area contributed by atoms with Crippen molar-refractivity contribution in [2.75, 3.05) is 0 Å². The zero-order chi connectivity index (χ0) is 14.1. The zero-order valence-electron chi connectivity index (χ0n) is 12.4. The topological polar surface area (TPSA) is 26.5 Å². The number of aliphatic imine (C=N–C) groups is 1. The van der Waals surface area contributed by atoms with Gasteiger partial charge in [0.1, 0.15) is 0 Å². The zero-order valence-corrected chi connectivity index (χ0v) is 13.8. The Bertz CT molecular complexity index is 803. The normalized spacial score (nSPS) is 14.0. The first kappa shape index (κ1) is 15.1. The largest absolute Gasteiger partial charge is 0.663 e. The van der Waals surface area contributed by atoms with Crippen molar-refractivity contribution in [2.24, 2.45) is 4.99 Å². The number of fused-ring (bicyclic) bond motifs is 2. The summed E-state index contributed by atoms with van der Waals surface area (Å²) in [6.07, 6.45) is 8.80. The van der Waals surface area contributed by atoms with Crippen LogP contribution in [0, 0.1) is 0 Å². The summed E-state index contributed by atoms with van der Waals surface area (Å²) in [6.45, 7) is 0. The Hall–Kier alpha value is -1.77. The Kier molecular flexibility index (Phi) is 4.51. The second-order valence-electron chi connectivity index (χ2n) is 5.61. The Morgan fingerprint density at radius 2 is 1.82 bits per heavy atom. The molecule has 4 rings (SSSR count). The van der Waals surface area contributed by atoms with E-state index in [9.17, 15) is 0 Å². The maximum Gasteiger partial charge on any atom is 0.0629 e. The number of benzene rings is 2. The van der Waals surface area contributed by atoms with Gasteiger partial charge in [-0.15, -0.1) is 5.52 Å². The van der Waals surface area contributed by atoms with Crippen LogP contribution in [0.25, 0.3) is 10.9 Å². The fraction of sp³-hybridized carbons (Fsp3) is 0.211. The van der Waals surface area contributed by atoms with E-state index < -0.39 is 0 Å². The molecule has 0 aliphatic heterocycles. The van der Waals surface area contributed by atoms with Crippen molar-refractivity contribution in [3.8, 4) is 0 Å². The molecule has 1 aliphatic carbocycles. The first-order valence-corrected chi connectivity index (χ1v) is 7.57. The Balaban J connectivity index is 0.00000144. The van der Waals surface area contributed by atoms with Crippen LogP contribution in [0.5, 0.6) is 0 Å². The van der Waals surface area contributed by atoms with Gasteiger partial charge in [-0.25, -0.2) is 0 Å². The van der Waals surface area contributed by atoms with E-state index in [1.807, 2.05) is 42.7 Å². The van der Waals surface area contributed by atoms with E-state index in [-0.39, 0.29) is 18.6 Å². The molecule has 2 aromatic carbocycles. The standard InChI is InChI=1S/C19H17N2.V/c1-2-7-16(8-3-1)21-13-18-17-9-5-4-6-14(17)12-15-10-11-20-19(15)18;/h1-3,7-8,10-13H,4-6,9H2;/q-1;. The van der Waals surface area contributed by atoms with Gasteiger partial charge in [-0.2, -0.15) is 6.20 Å². The van der Waals surface area contributed by atoms with E-state index in [0.29, 0.717) is 0 Å². The minimum absolute atomic E-state index is 0. The van der Waals surface area contributed by atoms with Crippen LogP contribution in [0.1, 0.15) is 29.5 Å². The fourth-order valence-electron chi connectivity index (χ4n) is 3.21. The molecule has 1 radical (unpaired) electrons. The van der Waals surface area contributed by atoms with Crippen molar-refractivity contribution >= 4 is 22.8 Å². The maximum absolute atomic E-state index is 4.65. The molecule has 109 valence electrons. The molecule has 22 heavy (non-hydrogen) atoms. The van der Waals surface area contributed by atoms with E-state index in [2.05, 4.69) is 22.1 Å². The molecule has 0 fully saturated rings. The molecule has 1 aliphatic rings. The number of aryl methyl sites for hydroxylation is 1. The third kappa shape index (κ3) is 2.77. The Morgan fingerprint density at radius 1 is 1.00 bits per heavy atom. The number of rotatable bonds is 2. The summed E-state index contributed by atoms with van der Waals surface area (Å²) in [7, 11) is 0. The first-order chi connectivity index (χ1) is 10.4. The van der Waals surface area contributed by atoms with Gasteiger partial charge in [0, 0.05) is 24.8 Å².